The van der Waals surface area contributed by atoms with Crippen molar-refractivity contribution in [3.05, 3.63) is 24.3 Å². The second kappa shape index (κ2) is 61.9. The molecule has 426 valence electrons. The lowest BCUT2D eigenvalue weighted by Crippen LogP contribution is -2.45. The van der Waals surface area contributed by atoms with Crippen molar-refractivity contribution in [2.24, 2.45) is 0 Å². The van der Waals surface area contributed by atoms with E-state index in [1.54, 1.807) is 6.08 Å². The number of aliphatic hydroxyl groups excluding tert-OH is 2. The molecule has 0 saturated carbocycles. The Bertz CT molecular complexity index is 1120. The number of allylic oxidation sites excluding steroid dienone is 3. The van der Waals surface area contributed by atoms with E-state index >= 15 is 0 Å². The van der Waals surface area contributed by atoms with E-state index in [-0.39, 0.29) is 18.5 Å². The van der Waals surface area contributed by atoms with Gasteiger partial charge in [0.15, 0.2) is 0 Å². The molecule has 2 unspecified atom stereocenters. The zero-order valence-electron chi connectivity index (χ0n) is 48.7. The minimum Gasteiger partial charge on any atom is -0.466 e. The number of carbonyl (C=O) groups excluding carboxylic acids is 2. The van der Waals surface area contributed by atoms with Crippen LogP contribution in [0.2, 0.25) is 0 Å². The Labute approximate surface area is 450 Å². The van der Waals surface area contributed by atoms with Gasteiger partial charge in [0, 0.05) is 12.8 Å². The van der Waals surface area contributed by atoms with Gasteiger partial charge in [-0.15, -0.1) is 0 Å². The van der Waals surface area contributed by atoms with Crippen molar-refractivity contribution >= 4 is 11.9 Å². The number of hydrogen-bond donors (Lipinski definition) is 3. The summed E-state index contributed by atoms with van der Waals surface area (Å²) in [6, 6.07) is -0.622. The normalized spacial score (nSPS) is 12.7. The van der Waals surface area contributed by atoms with Crippen LogP contribution in [-0.4, -0.2) is 47.4 Å². The van der Waals surface area contributed by atoms with Gasteiger partial charge in [-0.25, -0.2) is 0 Å². The molecule has 0 aliphatic heterocycles. The quantitative estimate of drug-likeness (QED) is 0.0320. The lowest BCUT2D eigenvalue weighted by molar-refractivity contribution is -0.143. The van der Waals surface area contributed by atoms with Gasteiger partial charge in [-0.2, -0.15) is 0 Å². The first kappa shape index (κ1) is 70.3. The van der Waals surface area contributed by atoms with Gasteiger partial charge in [-0.05, 0) is 51.4 Å². The van der Waals surface area contributed by atoms with Gasteiger partial charge in [-0.1, -0.05) is 321 Å². The first-order chi connectivity index (χ1) is 35.5. The van der Waals surface area contributed by atoms with Crippen molar-refractivity contribution in [1.29, 1.82) is 0 Å². The third-order valence-electron chi connectivity index (χ3n) is 15.2. The summed E-state index contributed by atoms with van der Waals surface area (Å²) in [6.07, 6.45) is 76.9. The van der Waals surface area contributed by atoms with E-state index in [1.807, 2.05) is 6.08 Å². The van der Waals surface area contributed by atoms with Gasteiger partial charge in [0.1, 0.15) is 0 Å². The summed E-state index contributed by atoms with van der Waals surface area (Å²) in [5.41, 5.74) is 0. The maximum absolute atomic E-state index is 12.4. The van der Waals surface area contributed by atoms with Crippen LogP contribution in [0.25, 0.3) is 0 Å². The lowest BCUT2D eigenvalue weighted by Gasteiger charge is -2.20. The van der Waals surface area contributed by atoms with Crippen molar-refractivity contribution in [3.63, 3.8) is 0 Å². The van der Waals surface area contributed by atoms with Crippen LogP contribution in [0, 0.1) is 0 Å². The molecular weight excluding hydrogens is 887 g/mol. The zero-order valence-corrected chi connectivity index (χ0v) is 48.7. The molecule has 0 saturated heterocycles. The van der Waals surface area contributed by atoms with Crippen molar-refractivity contribution in [2.75, 3.05) is 13.2 Å². The topological polar surface area (TPSA) is 95.9 Å². The number of amides is 1. The van der Waals surface area contributed by atoms with Gasteiger partial charge in [0.25, 0.3) is 0 Å². The number of unbranched alkanes of at least 4 members (excludes halogenated alkanes) is 48. The Morgan fingerprint density at radius 2 is 0.667 bits per heavy atom. The largest absolute Gasteiger partial charge is 0.466 e. The summed E-state index contributed by atoms with van der Waals surface area (Å²) in [6.45, 7) is 4.87. The molecule has 6 nitrogen and oxygen atoms in total. The lowest BCUT2D eigenvalue weighted by atomic mass is 10.0. The number of esters is 1. The summed E-state index contributed by atoms with van der Waals surface area (Å²) < 4.78 is 5.47. The molecule has 72 heavy (non-hydrogen) atoms. The molecule has 0 aromatic carbocycles. The number of carbonyl (C=O) groups is 2. The maximum Gasteiger partial charge on any atom is 0.305 e. The highest BCUT2D eigenvalue weighted by Crippen LogP contribution is 2.18. The van der Waals surface area contributed by atoms with Crippen molar-refractivity contribution < 1.29 is 24.5 Å². The minimum atomic E-state index is -0.839. The number of nitrogens with one attached hydrogen (secondary N) is 1. The standard InChI is InChI=1S/C66H127NO5/c1-3-5-7-9-11-13-38-42-46-50-54-58-64(69)63(62-68)67-65(70)59-55-51-47-43-40-36-34-32-30-28-26-24-22-20-18-16-15-17-19-21-23-25-27-29-31-33-35-37-41-45-49-53-57-61-72-66(71)60-56-52-48-44-39-14-12-10-8-6-4-2/h10,12,54,58,63-64,68-69H,3-9,11,13-53,55-57,59-62H2,1-2H3,(H,67,70)/b12-10-,58-54+. The minimum absolute atomic E-state index is 0.0104. The third kappa shape index (κ3) is 57.6. The fourth-order valence-electron chi connectivity index (χ4n) is 10.2. The summed E-state index contributed by atoms with van der Waals surface area (Å²) in [5.74, 6) is -0.0527. The first-order valence-electron chi connectivity index (χ1n) is 32.6. The Morgan fingerprint density at radius 3 is 1.03 bits per heavy atom. The van der Waals surface area contributed by atoms with Crippen molar-refractivity contribution in [3.8, 4) is 0 Å². The Morgan fingerprint density at radius 1 is 0.375 bits per heavy atom. The Hall–Kier alpha value is -1.66. The molecular formula is C66H127NO5. The second-order valence-corrected chi connectivity index (χ2v) is 22.5. The van der Waals surface area contributed by atoms with Crippen LogP contribution in [0.15, 0.2) is 24.3 Å². The fraction of sp³-hybridized carbons (Fsp3) is 0.909. The SMILES string of the molecule is CCCC/C=C\CCCCCCCC(=O)OCCCCCCCCCCCCCCCCCCCCCCCCCCCCCCCCCCCC(=O)NC(CO)C(O)/C=C/CCCCCCCCCCC. The van der Waals surface area contributed by atoms with Gasteiger partial charge < -0.3 is 20.3 Å². The van der Waals surface area contributed by atoms with E-state index in [0.717, 1.165) is 44.9 Å². The van der Waals surface area contributed by atoms with E-state index < -0.39 is 12.1 Å². The maximum atomic E-state index is 12.4. The molecule has 0 aromatic rings. The Kier molecular flexibility index (Phi) is 60.5. The number of rotatable bonds is 61. The van der Waals surface area contributed by atoms with E-state index in [9.17, 15) is 19.8 Å². The zero-order chi connectivity index (χ0) is 52.2. The highest BCUT2D eigenvalue weighted by Gasteiger charge is 2.18. The molecule has 0 bridgehead atoms. The summed E-state index contributed by atoms with van der Waals surface area (Å²) in [4.78, 5) is 24.4. The molecule has 0 rings (SSSR count). The van der Waals surface area contributed by atoms with Crippen LogP contribution in [0.5, 0.6) is 0 Å². The smallest absolute Gasteiger partial charge is 0.305 e. The summed E-state index contributed by atoms with van der Waals surface area (Å²) >= 11 is 0. The molecule has 0 heterocycles. The molecule has 0 radical (unpaired) electrons. The molecule has 0 aliphatic carbocycles. The molecule has 0 aliphatic rings. The summed E-state index contributed by atoms with van der Waals surface area (Å²) in [5, 5.41) is 23.0. The number of hydrogen-bond acceptors (Lipinski definition) is 5. The van der Waals surface area contributed by atoms with Crippen LogP contribution >= 0.6 is 0 Å². The average molecular weight is 1010 g/mol. The van der Waals surface area contributed by atoms with E-state index in [0.29, 0.717) is 19.4 Å². The third-order valence-corrected chi connectivity index (χ3v) is 15.2. The predicted molar refractivity (Wildman–Crippen MR) is 315 cm³/mol. The second-order valence-electron chi connectivity index (χ2n) is 22.5. The van der Waals surface area contributed by atoms with Crippen LogP contribution in [-0.2, 0) is 14.3 Å². The molecule has 0 aromatic heterocycles. The van der Waals surface area contributed by atoms with E-state index in [2.05, 4.69) is 31.3 Å². The van der Waals surface area contributed by atoms with E-state index in [1.165, 1.54) is 289 Å². The van der Waals surface area contributed by atoms with Gasteiger partial charge in [0.2, 0.25) is 5.91 Å². The monoisotopic (exact) mass is 1010 g/mol. The summed E-state index contributed by atoms with van der Waals surface area (Å²) in [7, 11) is 0. The molecule has 0 fully saturated rings. The fourth-order valence-corrected chi connectivity index (χ4v) is 10.2. The van der Waals surface area contributed by atoms with Crippen LogP contribution in [0.1, 0.15) is 361 Å². The molecule has 1 amide bonds. The average Bonchev–Trinajstić information content (AvgIpc) is 3.38. The molecule has 0 spiro atoms. The van der Waals surface area contributed by atoms with Crippen LogP contribution in [0.4, 0.5) is 0 Å². The van der Waals surface area contributed by atoms with Crippen LogP contribution in [0.3, 0.4) is 0 Å². The molecule has 6 heteroatoms. The highest BCUT2D eigenvalue weighted by atomic mass is 16.5. The van der Waals surface area contributed by atoms with E-state index in [4.69, 9.17) is 4.74 Å². The van der Waals surface area contributed by atoms with Gasteiger partial charge >= 0.3 is 5.97 Å². The first-order valence-corrected chi connectivity index (χ1v) is 32.6. The van der Waals surface area contributed by atoms with Gasteiger partial charge in [0.05, 0.1) is 25.4 Å². The predicted octanol–water partition coefficient (Wildman–Crippen LogP) is 20.6. The van der Waals surface area contributed by atoms with Crippen molar-refractivity contribution in [2.45, 2.75) is 373 Å². The number of aliphatic hydroxyl groups is 2. The molecule has 2 atom stereocenters. The van der Waals surface area contributed by atoms with Gasteiger partial charge in [-0.3, -0.25) is 9.59 Å². The van der Waals surface area contributed by atoms with Crippen molar-refractivity contribution in [1.82, 2.24) is 5.32 Å². The Balaban J connectivity index is 3.31. The number of ether oxygens (including phenoxy) is 1. The highest BCUT2D eigenvalue weighted by molar-refractivity contribution is 5.76. The molecule has 3 N–H and O–H groups in total. The van der Waals surface area contributed by atoms with Crippen LogP contribution < -0.4 is 5.32 Å².